The number of sulfonamides is 1. The van der Waals surface area contributed by atoms with Gasteiger partial charge in [0.2, 0.25) is 27.7 Å². The van der Waals surface area contributed by atoms with Crippen LogP contribution in [0, 0.1) is 29.6 Å². The SMILES string of the molecule is C[C@H]1CC/C=C\[C@@H]2C[C@@]2(C(=O)NS(=O)(=O)C2(C)CC2)NC(=O)[C@@H]2C[C@@H](Oc3nccc4c5c(ccc34)OCCO5)CN2C(=O)[C@@H](N(C(=O)O)[C@H]2CC3C[C@H]3C2)[C@H](C)C1. The van der Waals surface area contributed by atoms with Crippen LogP contribution in [0.15, 0.2) is 36.5 Å². The van der Waals surface area contributed by atoms with Crippen molar-refractivity contribution in [3.05, 3.63) is 36.5 Å². The van der Waals surface area contributed by atoms with E-state index in [0.717, 1.165) is 18.2 Å². The van der Waals surface area contributed by atoms with E-state index in [9.17, 15) is 27.9 Å². The molecule has 9 rings (SSSR count). The zero-order chi connectivity index (χ0) is 40.7. The number of nitrogens with zero attached hydrogens (tertiary/aromatic N) is 3. The predicted octanol–water partition coefficient (Wildman–Crippen LogP) is 4.39. The molecule has 4 aliphatic carbocycles. The van der Waals surface area contributed by atoms with E-state index >= 15 is 4.79 Å². The first-order valence-electron chi connectivity index (χ1n) is 20.9. The van der Waals surface area contributed by atoms with Crippen LogP contribution in [0.25, 0.3) is 10.8 Å². The molecule has 2 aromatic rings. The topological polar surface area (TPSA) is 194 Å². The summed E-state index contributed by atoms with van der Waals surface area (Å²) in [5.74, 6) is -0.253. The van der Waals surface area contributed by atoms with Crippen molar-refractivity contribution in [2.24, 2.45) is 29.6 Å². The molecule has 0 radical (unpaired) electrons. The fraction of sp³-hybridized carbons (Fsp3) is 0.643. The Balaban J connectivity index is 1.07. The summed E-state index contributed by atoms with van der Waals surface area (Å²) >= 11 is 0. The Morgan fingerprint density at radius 3 is 2.53 bits per heavy atom. The highest BCUT2D eigenvalue weighted by Crippen LogP contribution is 2.54. The number of carboxylic acid groups (broad SMARTS) is 1. The smallest absolute Gasteiger partial charge is 0.408 e. The number of hydrogen-bond acceptors (Lipinski definition) is 10. The van der Waals surface area contributed by atoms with Crippen LogP contribution in [0.3, 0.4) is 0 Å². The first-order valence-corrected chi connectivity index (χ1v) is 22.4. The summed E-state index contributed by atoms with van der Waals surface area (Å²) in [6.45, 7) is 6.39. The largest absolute Gasteiger partial charge is 0.486 e. The maximum Gasteiger partial charge on any atom is 0.408 e. The highest BCUT2D eigenvalue weighted by Gasteiger charge is 2.63. The molecule has 3 aliphatic heterocycles. The number of carbonyl (C=O) groups is 4. The van der Waals surface area contributed by atoms with E-state index in [4.69, 9.17) is 14.2 Å². The number of allylic oxidation sites excluding steroid dienone is 1. The zero-order valence-corrected chi connectivity index (χ0v) is 34.0. The quantitative estimate of drug-likeness (QED) is 0.336. The van der Waals surface area contributed by atoms with Crippen LogP contribution < -0.4 is 24.2 Å². The lowest BCUT2D eigenvalue weighted by Gasteiger charge is -2.40. The van der Waals surface area contributed by atoms with E-state index in [1.165, 1.54) is 9.80 Å². The van der Waals surface area contributed by atoms with Crippen LogP contribution in [0.2, 0.25) is 0 Å². The van der Waals surface area contributed by atoms with Crippen LogP contribution in [0.4, 0.5) is 4.79 Å². The van der Waals surface area contributed by atoms with Gasteiger partial charge in [-0.05, 0) is 107 Å². The van der Waals surface area contributed by atoms with Gasteiger partial charge in [0, 0.05) is 35.3 Å². The lowest BCUT2D eigenvalue weighted by molar-refractivity contribution is -0.145. The molecular weight excluding hydrogens is 767 g/mol. The number of aromatic nitrogens is 1. The number of rotatable bonds is 7. The van der Waals surface area contributed by atoms with E-state index in [-0.39, 0.29) is 43.1 Å². The van der Waals surface area contributed by atoms with Crippen molar-refractivity contribution < 1.29 is 46.9 Å². The second-order valence-electron chi connectivity index (χ2n) is 18.3. The van der Waals surface area contributed by atoms with Gasteiger partial charge in [0.15, 0.2) is 11.5 Å². The van der Waals surface area contributed by atoms with Gasteiger partial charge in [0.25, 0.3) is 5.91 Å². The Kier molecular flexibility index (Phi) is 9.59. The fourth-order valence-corrected chi connectivity index (χ4v) is 11.5. The van der Waals surface area contributed by atoms with Crippen molar-refractivity contribution in [2.45, 2.75) is 119 Å². The van der Waals surface area contributed by atoms with Crippen molar-refractivity contribution in [1.82, 2.24) is 24.8 Å². The van der Waals surface area contributed by atoms with Gasteiger partial charge in [-0.1, -0.05) is 26.0 Å². The van der Waals surface area contributed by atoms with E-state index in [1.807, 2.05) is 25.1 Å². The highest BCUT2D eigenvalue weighted by atomic mass is 32.2. The van der Waals surface area contributed by atoms with E-state index in [0.29, 0.717) is 80.5 Å². The molecule has 1 saturated heterocycles. The van der Waals surface area contributed by atoms with E-state index in [2.05, 4.69) is 21.9 Å². The van der Waals surface area contributed by atoms with Gasteiger partial charge >= 0.3 is 6.09 Å². The summed E-state index contributed by atoms with van der Waals surface area (Å²) < 4.78 is 46.1. The van der Waals surface area contributed by atoms with Crippen molar-refractivity contribution in [3.63, 3.8) is 0 Å². The molecular formula is C42H53N5O10S. The molecule has 15 nitrogen and oxygen atoms in total. The van der Waals surface area contributed by atoms with E-state index in [1.54, 1.807) is 25.3 Å². The van der Waals surface area contributed by atoms with Crippen LogP contribution in [-0.4, -0.2) is 106 Å². The Labute approximate surface area is 338 Å². The molecule has 10 atom stereocenters. The minimum Gasteiger partial charge on any atom is -0.486 e. The van der Waals surface area contributed by atoms with Gasteiger partial charge < -0.3 is 29.5 Å². The second kappa shape index (κ2) is 14.3. The lowest BCUT2D eigenvalue weighted by Crippen LogP contribution is -2.61. The van der Waals surface area contributed by atoms with Gasteiger partial charge in [-0.25, -0.2) is 18.2 Å². The van der Waals surface area contributed by atoms with Gasteiger partial charge in [-0.15, -0.1) is 0 Å². The number of ether oxygens (including phenoxy) is 3. The number of pyridine rings is 1. The minimum absolute atomic E-state index is 0.0208. The van der Waals surface area contributed by atoms with Gasteiger partial charge in [-0.3, -0.25) is 24.0 Å². The van der Waals surface area contributed by atoms with Gasteiger partial charge in [0.1, 0.15) is 36.9 Å². The molecule has 1 unspecified atom stereocenters. The number of amides is 4. The molecule has 5 fully saturated rings. The summed E-state index contributed by atoms with van der Waals surface area (Å²) in [5.41, 5.74) is -1.55. The summed E-state index contributed by atoms with van der Waals surface area (Å²) in [4.78, 5) is 64.6. The van der Waals surface area contributed by atoms with Crippen molar-refractivity contribution in [1.29, 1.82) is 0 Å². The molecule has 0 bridgehead atoms. The molecule has 1 aromatic carbocycles. The van der Waals surface area contributed by atoms with Crippen molar-refractivity contribution >= 4 is 44.6 Å². The molecule has 7 aliphatic rings. The Bertz CT molecular complexity index is 2170. The zero-order valence-electron chi connectivity index (χ0n) is 33.2. The first kappa shape index (κ1) is 38.9. The van der Waals surface area contributed by atoms with Crippen molar-refractivity contribution in [3.8, 4) is 17.4 Å². The second-order valence-corrected chi connectivity index (χ2v) is 20.5. The van der Waals surface area contributed by atoms with Crippen LogP contribution in [0.5, 0.6) is 17.4 Å². The molecule has 4 amide bonds. The third kappa shape index (κ3) is 6.92. The molecule has 312 valence electrons. The third-order valence-electron chi connectivity index (χ3n) is 14.0. The van der Waals surface area contributed by atoms with Crippen LogP contribution in [-0.2, 0) is 24.4 Å². The normalized spacial score (nSPS) is 35.6. The van der Waals surface area contributed by atoms with Crippen LogP contribution in [0.1, 0.15) is 85.0 Å². The average Bonchev–Trinajstić information content (AvgIpc) is 4.14. The third-order valence-corrected chi connectivity index (χ3v) is 16.2. The molecule has 3 N–H and O–H groups in total. The molecule has 4 heterocycles. The molecule has 16 heteroatoms. The predicted molar refractivity (Wildman–Crippen MR) is 211 cm³/mol. The summed E-state index contributed by atoms with van der Waals surface area (Å²) in [6.07, 6.45) is 9.11. The summed E-state index contributed by atoms with van der Waals surface area (Å²) in [7, 11) is -4.02. The lowest BCUT2D eigenvalue weighted by atomic mass is 9.86. The van der Waals surface area contributed by atoms with Gasteiger partial charge in [-0.2, -0.15) is 0 Å². The molecule has 58 heavy (non-hydrogen) atoms. The monoisotopic (exact) mass is 819 g/mol. The maximum atomic E-state index is 15.3. The van der Waals surface area contributed by atoms with Crippen LogP contribution >= 0.6 is 0 Å². The number of nitrogens with one attached hydrogen (secondary N) is 2. The highest BCUT2D eigenvalue weighted by molar-refractivity contribution is 7.91. The molecule has 1 aromatic heterocycles. The fourth-order valence-electron chi connectivity index (χ4n) is 10.2. The van der Waals surface area contributed by atoms with E-state index < -0.39 is 68.2 Å². The Hall–Kier alpha value is -4.60. The minimum atomic E-state index is -4.02. The van der Waals surface area contributed by atoms with Gasteiger partial charge in [0.05, 0.1) is 11.3 Å². The Morgan fingerprint density at radius 2 is 1.79 bits per heavy atom. The summed E-state index contributed by atoms with van der Waals surface area (Å²) in [5, 5.41) is 15.1. The molecule has 0 spiro atoms. The number of fused-ring (bicyclic) bond motifs is 6. The summed E-state index contributed by atoms with van der Waals surface area (Å²) in [6, 6.07) is 2.88. The first-order chi connectivity index (χ1) is 27.7. The number of carbonyl (C=O) groups excluding carboxylic acids is 3. The molecule has 4 saturated carbocycles. The van der Waals surface area contributed by atoms with Crippen molar-refractivity contribution in [2.75, 3.05) is 19.8 Å². The Morgan fingerprint density at radius 1 is 1.03 bits per heavy atom. The standard InChI is InChI=1S/C42H53N5O10S/c1-23-6-4-5-7-27-21-42(27,39(50)45-58(53,54)41(3)11-12-41)44-36(48)32-20-29(57-37-31-8-9-33-35(56-15-14-55-33)30(31)10-13-43-37)22-46(32)38(49)34(24(2)16-23)47(40(51)52)28-18-25-17-26(25)19-28/h5,7-10,13,23-29,32,34H,4,6,11-12,14-22H2,1-3H3,(H,44,48)(H,45,50)(H,51,52)/b7-5-/t23-,24+,25-,26?,27+,28+,29+,32-,34-,42+/m0/s1. The number of benzene rings is 1. The maximum absolute atomic E-state index is 15.3. The average molecular weight is 820 g/mol. The number of hydrogen-bond donors (Lipinski definition) is 3.